The molecule has 1 aliphatic carbocycles. The van der Waals surface area contributed by atoms with Crippen LogP contribution >= 0.6 is 0 Å². The molecule has 0 saturated carbocycles. The Morgan fingerprint density at radius 2 is 1.86 bits per heavy atom. The molecule has 2 aromatic heterocycles. The first-order chi connectivity index (χ1) is 23.3. The first-order valence-corrected chi connectivity index (χ1v) is 16.9. The summed E-state index contributed by atoms with van der Waals surface area (Å²) < 4.78 is 78.3. The first-order valence-electron chi connectivity index (χ1n) is 16.9. The fourth-order valence-corrected chi connectivity index (χ4v) is 9.03. The van der Waals surface area contributed by atoms with Crippen molar-refractivity contribution in [1.29, 1.82) is 0 Å². The highest BCUT2D eigenvalue weighted by atomic mass is 19.4. The third kappa shape index (κ3) is 5.33. The lowest BCUT2D eigenvalue weighted by Gasteiger charge is -2.42. The van der Waals surface area contributed by atoms with E-state index in [2.05, 4.69) is 9.88 Å². The number of aliphatic hydroxyl groups is 1. The summed E-state index contributed by atoms with van der Waals surface area (Å²) >= 11 is 0. The van der Waals surface area contributed by atoms with E-state index in [-0.39, 0.29) is 49.2 Å². The fraction of sp³-hybridized carbons (Fsp3) is 0.543. The fourth-order valence-electron chi connectivity index (χ4n) is 9.03. The molecular weight excluding hydrogens is 647 g/mol. The maximum Gasteiger partial charge on any atom is 0.471 e. The average molecular weight is 685 g/mol. The third-order valence-electron chi connectivity index (χ3n) is 11.1. The Labute approximate surface area is 279 Å². The van der Waals surface area contributed by atoms with E-state index >= 15 is 4.39 Å². The predicted molar refractivity (Wildman–Crippen MR) is 171 cm³/mol. The van der Waals surface area contributed by atoms with Crippen molar-refractivity contribution in [2.75, 3.05) is 37.7 Å². The van der Waals surface area contributed by atoms with Crippen LogP contribution in [0.25, 0.3) is 22.6 Å². The molecule has 1 aromatic carbocycles. The van der Waals surface area contributed by atoms with Crippen LogP contribution in [0.5, 0.6) is 6.01 Å². The summed E-state index contributed by atoms with van der Waals surface area (Å²) in [6.45, 7) is 4.90. The summed E-state index contributed by atoms with van der Waals surface area (Å²) in [5.41, 5.74) is 1.28. The highest BCUT2D eigenvalue weighted by Crippen LogP contribution is 2.42. The Hall–Kier alpha value is -3.91. The van der Waals surface area contributed by atoms with Gasteiger partial charge in [0.05, 0.1) is 34.8 Å². The minimum atomic E-state index is -4.99. The van der Waals surface area contributed by atoms with Crippen molar-refractivity contribution in [1.82, 2.24) is 24.8 Å². The Morgan fingerprint density at radius 3 is 2.59 bits per heavy atom. The molecule has 0 radical (unpaired) electrons. The van der Waals surface area contributed by atoms with Gasteiger partial charge in [0, 0.05) is 32.5 Å². The summed E-state index contributed by atoms with van der Waals surface area (Å²) in [5, 5.41) is 12.6. The Morgan fingerprint density at radius 1 is 1.10 bits per heavy atom. The number of piperazine rings is 1. The topological polar surface area (TPSA) is 94.9 Å². The van der Waals surface area contributed by atoms with E-state index in [9.17, 15) is 27.5 Å². The van der Waals surface area contributed by atoms with E-state index in [1.54, 1.807) is 17.9 Å². The SMILES string of the molecule is Cc1cccc2c1=C(c1nc(C)c3c(N4CC5CCC(C4)N5C(=O)C(F)(F)F)nc(OC[C@@]45CCCN4C[C@H](F)C5)nc3c1F)CC(O)C=2. The minimum Gasteiger partial charge on any atom is -0.461 e. The number of alkyl halides is 4. The highest BCUT2D eigenvalue weighted by molar-refractivity contribution is 5.94. The van der Waals surface area contributed by atoms with Gasteiger partial charge in [0.2, 0.25) is 0 Å². The summed E-state index contributed by atoms with van der Waals surface area (Å²) in [4.78, 5) is 31.2. The number of anilines is 1. The van der Waals surface area contributed by atoms with E-state index in [1.165, 1.54) is 0 Å². The van der Waals surface area contributed by atoms with Gasteiger partial charge in [0.1, 0.15) is 29.8 Å². The Balaban J connectivity index is 1.26. The van der Waals surface area contributed by atoms with Gasteiger partial charge in [-0.25, -0.2) is 13.8 Å². The lowest BCUT2D eigenvalue weighted by molar-refractivity contribution is -0.188. The maximum atomic E-state index is 17.0. The van der Waals surface area contributed by atoms with E-state index < -0.39 is 47.8 Å². The van der Waals surface area contributed by atoms with Crippen molar-refractivity contribution in [3.05, 3.63) is 51.4 Å². The van der Waals surface area contributed by atoms with Crippen LogP contribution in [0.15, 0.2) is 18.2 Å². The number of ether oxygens (including phenoxy) is 1. The molecule has 5 atom stereocenters. The van der Waals surface area contributed by atoms with Gasteiger partial charge in [0.15, 0.2) is 5.82 Å². The minimum absolute atomic E-state index is 0.0422. The molecule has 4 saturated heterocycles. The molecule has 3 unspecified atom stereocenters. The highest BCUT2D eigenvalue weighted by Gasteiger charge is 2.52. The predicted octanol–water partition coefficient (Wildman–Crippen LogP) is 3.22. The van der Waals surface area contributed by atoms with E-state index in [0.717, 1.165) is 40.3 Å². The lowest BCUT2D eigenvalue weighted by atomic mass is 9.92. The second-order valence-corrected chi connectivity index (χ2v) is 14.2. The molecule has 5 aliphatic rings. The zero-order chi connectivity index (χ0) is 34.4. The first kappa shape index (κ1) is 32.3. The number of carbonyl (C=O) groups is 1. The van der Waals surface area contributed by atoms with Crippen LogP contribution in [0.3, 0.4) is 0 Å². The second kappa shape index (κ2) is 11.6. The van der Waals surface area contributed by atoms with Crippen LogP contribution in [0, 0.1) is 19.7 Å². The largest absolute Gasteiger partial charge is 0.471 e. The van der Waals surface area contributed by atoms with Gasteiger partial charge in [0.25, 0.3) is 0 Å². The van der Waals surface area contributed by atoms with E-state index in [4.69, 9.17) is 14.7 Å². The zero-order valence-corrected chi connectivity index (χ0v) is 27.2. The Bertz CT molecular complexity index is 1980. The van der Waals surface area contributed by atoms with Crippen molar-refractivity contribution in [3.8, 4) is 6.01 Å². The smallest absolute Gasteiger partial charge is 0.461 e. The van der Waals surface area contributed by atoms with Gasteiger partial charge < -0.3 is 19.6 Å². The number of aryl methyl sites for hydroxylation is 2. The van der Waals surface area contributed by atoms with Gasteiger partial charge in [-0.2, -0.15) is 23.1 Å². The van der Waals surface area contributed by atoms with Crippen LogP contribution in [0.2, 0.25) is 0 Å². The van der Waals surface area contributed by atoms with E-state index in [0.29, 0.717) is 42.5 Å². The molecule has 1 N–H and O–H groups in total. The van der Waals surface area contributed by atoms with Crippen molar-refractivity contribution in [3.63, 3.8) is 0 Å². The number of halogens is 5. The number of rotatable bonds is 5. The van der Waals surface area contributed by atoms with Gasteiger partial charge in [-0.1, -0.05) is 18.2 Å². The zero-order valence-electron chi connectivity index (χ0n) is 27.2. The molecule has 1 amide bonds. The number of pyridine rings is 1. The number of hydrogen-bond donors (Lipinski definition) is 1. The number of fused-ring (bicyclic) bond motifs is 5. The summed E-state index contributed by atoms with van der Waals surface area (Å²) in [6, 6.07) is 4.10. The molecule has 4 fully saturated rings. The van der Waals surface area contributed by atoms with Crippen LogP contribution in [0.1, 0.15) is 55.5 Å². The second-order valence-electron chi connectivity index (χ2n) is 14.2. The molecule has 6 heterocycles. The molecule has 9 nitrogen and oxygen atoms in total. The molecule has 4 aliphatic heterocycles. The summed E-state index contributed by atoms with van der Waals surface area (Å²) in [6.07, 6.45) is -2.22. The van der Waals surface area contributed by atoms with Gasteiger partial charge >= 0.3 is 18.1 Å². The van der Waals surface area contributed by atoms with Crippen LogP contribution in [-0.4, -0.2) is 105 Å². The van der Waals surface area contributed by atoms with Crippen molar-refractivity contribution < 1.29 is 36.6 Å². The molecule has 260 valence electrons. The number of amides is 1. The number of aromatic nitrogens is 3. The summed E-state index contributed by atoms with van der Waals surface area (Å²) in [7, 11) is 0. The van der Waals surface area contributed by atoms with Crippen LogP contribution in [0.4, 0.5) is 27.8 Å². The normalized spacial score (nSPS) is 28.2. The number of aliphatic hydroxyl groups excluding tert-OH is 1. The molecule has 2 bridgehead atoms. The van der Waals surface area contributed by atoms with Crippen LogP contribution < -0.4 is 20.1 Å². The number of carbonyl (C=O) groups excluding carboxylic acids is 1. The van der Waals surface area contributed by atoms with E-state index in [1.807, 2.05) is 25.1 Å². The van der Waals surface area contributed by atoms with Gasteiger partial charge in [-0.3, -0.25) is 9.69 Å². The standard InChI is InChI=1S/C35H37F5N6O3/c1-18-5-3-6-20-11-24(47)12-25(26(18)20)29-28(37)30-27(19(2)41-29)31(44-15-22-7-8-23(16-44)46(22)32(48)35(38,39)40)43-33(42-30)49-17-34-9-4-10-45(34)14-21(36)13-34/h3,5-6,11,21-24,47H,4,7-10,12-17H2,1-2H3/t21-,22?,23?,24?,34+/m1/s1. The number of nitrogens with zero attached hydrogens (tertiary/aromatic N) is 6. The van der Waals surface area contributed by atoms with Gasteiger partial charge in [-0.15, -0.1) is 0 Å². The molecule has 14 heteroatoms. The van der Waals surface area contributed by atoms with Crippen molar-refractivity contribution in [2.24, 2.45) is 0 Å². The maximum absolute atomic E-state index is 17.0. The number of benzene rings is 1. The molecule has 8 rings (SSSR count). The lowest BCUT2D eigenvalue weighted by Crippen LogP contribution is -2.59. The number of hydrogen-bond acceptors (Lipinski definition) is 8. The molecule has 3 aromatic rings. The van der Waals surface area contributed by atoms with Crippen molar-refractivity contribution in [2.45, 2.75) is 88.4 Å². The average Bonchev–Trinajstić information content (AvgIpc) is 3.66. The van der Waals surface area contributed by atoms with Crippen molar-refractivity contribution >= 4 is 34.3 Å². The van der Waals surface area contributed by atoms with Gasteiger partial charge in [-0.05, 0) is 73.7 Å². The molecule has 0 spiro atoms. The quantitative estimate of drug-likeness (QED) is 0.410. The third-order valence-corrected chi connectivity index (χ3v) is 11.1. The summed E-state index contributed by atoms with van der Waals surface area (Å²) in [5.74, 6) is -2.32. The van der Waals surface area contributed by atoms with Crippen LogP contribution in [-0.2, 0) is 4.79 Å². The molecule has 49 heavy (non-hydrogen) atoms. The molecular formula is C35H37F5N6O3. The Kier molecular flexibility index (Phi) is 7.63. The monoisotopic (exact) mass is 684 g/mol.